The minimum atomic E-state index is -0.220. The Morgan fingerprint density at radius 3 is 2.62 bits per heavy atom. The second kappa shape index (κ2) is 3.38. The first-order valence-corrected chi connectivity index (χ1v) is 1.80. The predicted molar refractivity (Wildman–Crippen MR) is 21.4 cm³/mol. The van der Waals surface area contributed by atoms with Gasteiger partial charge in [-0.2, -0.15) is 0 Å². The van der Waals surface area contributed by atoms with Crippen molar-refractivity contribution in [3.8, 4) is 5.75 Å². The first kappa shape index (κ1) is 7.37. The molecule has 8 heavy (non-hydrogen) atoms. The molecule has 0 unspecified atom stereocenters. The van der Waals surface area contributed by atoms with Gasteiger partial charge >= 0.3 is 18.9 Å². The van der Waals surface area contributed by atoms with Gasteiger partial charge < -0.3 is 5.11 Å². The van der Waals surface area contributed by atoms with Gasteiger partial charge in [0, 0.05) is 6.20 Å². The number of hydrogen-bond acceptors (Lipinski definition) is 2. The quantitative estimate of drug-likeness (QED) is 0.320. The predicted octanol–water partition coefficient (Wildman–Crippen LogP) is -3.24. The summed E-state index contributed by atoms with van der Waals surface area (Å²) in [6.07, 6.45) is 2.58. The Morgan fingerprint density at radius 1 is 1.62 bits per heavy atom. The molecule has 1 aromatic rings. The summed E-state index contributed by atoms with van der Waals surface area (Å²) < 4.78 is 0. The average molecular weight is 99.0 g/mol. The van der Waals surface area contributed by atoms with Crippen molar-refractivity contribution in [3.63, 3.8) is 0 Å². The molecule has 34 valence electrons. The number of hydrogen-bond donors (Lipinski definition) is 0. The van der Waals surface area contributed by atoms with Crippen LogP contribution in [0.25, 0.3) is 0 Å². The van der Waals surface area contributed by atoms with E-state index in [2.05, 4.69) is 17.1 Å². The Kier molecular flexibility index (Phi) is 3.11. The molecule has 0 amide bonds. The van der Waals surface area contributed by atoms with E-state index in [1.54, 1.807) is 0 Å². The molecule has 0 aromatic carbocycles. The maximum absolute atomic E-state index is 10.1. The van der Waals surface area contributed by atoms with Crippen LogP contribution in [0.2, 0.25) is 0 Å². The normalized spacial score (nSPS) is 6.50. The van der Waals surface area contributed by atoms with Crippen LogP contribution in [0.3, 0.4) is 0 Å². The van der Waals surface area contributed by atoms with Gasteiger partial charge in [0.25, 0.3) is 0 Å². The fraction of sp³-hybridized carbons (Fsp3) is 0. The van der Waals surface area contributed by atoms with Crippen molar-refractivity contribution >= 4 is 0 Å². The van der Waals surface area contributed by atoms with Gasteiger partial charge in [-0.1, -0.05) is 12.1 Å². The fourth-order valence-corrected chi connectivity index (χ4v) is 0.278. The van der Waals surface area contributed by atoms with Gasteiger partial charge in [0.2, 0.25) is 0 Å². The zero-order chi connectivity index (χ0) is 5.11. The van der Waals surface area contributed by atoms with E-state index < -0.39 is 0 Å². The van der Waals surface area contributed by atoms with Crippen molar-refractivity contribution in [1.82, 2.24) is 4.98 Å². The zero-order valence-corrected chi connectivity index (χ0v) is 4.51. The average Bonchev–Trinajstić information content (AvgIpc) is 1.69. The number of nitrogens with zero attached hydrogens (tertiary/aromatic N) is 1. The molecule has 0 aliphatic heterocycles. The van der Waals surface area contributed by atoms with Gasteiger partial charge in [0.1, 0.15) is 0 Å². The van der Waals surface area contributed by atoms with Crippen LogP contribution in [0.15, 0.2) is 12.4 Å². The van der Waals surface area contributed by atoms with E-state index in [1.807, 2.05) is 0 Å². The third-order valence-electron chi connectivity index (χ3n) is 0.526. The molecule has 1 heterocycles. The third kappa shape index (κ3) is 1.89. The first-order chi connectivity index (χ1) is 3.39. The smallest absolute Gasteiger partial charge is 0.865 e. The summed E-state index contributed by atoms with van der Waals surface area (Å²) in [4.78, 5) is 3.48. The van der Waals surface area contributed by atoms with Crippen LogP contribution in [0.4, 0.5) is 0 Å². The molecule has 2 nitrogen and oxygen atoms in total. The van der Waals surface area contributed by atoms with Crippen LogP contribution in [0, 0.1) is 12.1 Å². The topological polar surface area (TPSA) is 36.0 Å². The van der Waals surface area contributed by atoms with E-state index in [9.17, 15) is 5.11 Å². The Morgan fingerprint density at radius 2 is 2.38 bits per heavy atom. The molecule has 0 bridgehead atoms. The Balaban J connectivity index is 0.000000490. The van der Waals surface area contributed by atoms with Crippen molar-refractivity contribution in [2.75, 3.05) is 0 Å². The van der Waals surface area contributed by atoms with E-state index in [0.717, 1.165) is 0 Å². The van der Waals surface area contributed by atoms with Crippen LogP contribution in [0.1, 0.15) is 0 Å². The molecule has 0 saturated heterocycles. The van der Waals surface area contributed by atoms with Crippen LogP contribution in [0.5, 0.6) is 5.75 Å². The second-order valence-electron chi connectivity index (χ2n) is 1.04. The summed E-state index contributed by atoms with van der Waals surface area (Å²) >= 11 is 0. The van der Waals surface area contributed by atoms with E-state index in [4.69, 9.17) is 0 Å². The molecule has 0 N–H and O–H groups in total. The minimum Gasteiger partial charge on any atom is -0.865 e. The minimum absolute atomic E-state index is 0. The Hall–Kier alpha value is -0.633. The zero-order valence-electron chi connectivity index (χ0n) is 4.51. The van der Waals surface area contributed by atoms with E-state index in [-0.39, 0.29) is 24.6 Å². The van der Waals surface area contributed by atoms with Gasteiger partial charge in [-0.15, -0.1) is 0 Å². The molecular weight excluding hydrogens is 97.0 g/mol. The van der Waals surface area contributed by atoms with E-state index >= 15 is 0 Å². The molecule has 0 aliphatic rings. The molecule has 0 saturated carbocycles. The molecule has 0 aliphatic carbocycles. The molecule has 0 radical (unpaired) electrons. The summed E-state index contributed by atoms with van der Waals surface area (Å²) in [5, 5.41) is 10.1. The maximum Gasteiger partial charge on any atom is 1.00 e. The van der Waals surface area contributed by atoms with Gasteiger partial charge in [0.05, 0.1) is 6.20 Å². The van der Waals surface area contributed by atoms with Gasteiger partial charge in [-0.3, -0.25) is 4.98 Å². The summed E-state index contributed by atoms with van der Waals surface area (Å²) in [5.41, 5.74) is 0. The van der Waals surface area contributed by atoms with Crippen LogP contribution in [-0.4, -0.2) is 4.98 Å². The van der Waals surface area contributed by atoms with Gasteiger partial charge in [-0.05, 0) is 5.75 Å². The van der Waals surface area contributed by atoms with Crippen LogP contribution < -0.4 is 24.0 Å². The second-order valence-corrected chi connectivity index (χ2v) is 1.04. The van der Waals surface area contributed by atoms with Crippen LogP contribution in [-0.2, 0) is 0 Å². The summed E-state index contributed by atoms with van der Waals surface area (Å²) in [7, 11) is 0. The van der Waals surface area contributed by atoms with Crippen molar-refractivity contribution in [2.45, 2.75) is 0 Å². The monoisotopic (exact) mass is 99.0 g/mol. The van der Waals surface area contributed by atoms with Crippen molar-refractivity contribution in [1.29, 1.82) is 0 Å². The molecule has 0 spiro atoms. The molecule has 3 heteroatoms. The molecule has 1 rings (SSSR count). The number of rotatable bonds is 0. The summed E-state index contributed by atoms with van der Waals surface area (Å²) in [5.74, 6) is -0.220. The first-order valence-electron chi connectivity index (χ1n) is 1.80. The number of aromatic nitrogens is 1. The molecule has 0 atom stereocenters. The molecule has 0 fully saturated rings. The van der Waals surface area contributed by atoms with E-state index in [1.165, 1.54) is 12.4 Å². The van der Waals surface area contributed by atoms with E-state index in [0.29, 0.717) is 0 Å². The molecular formula is C5H2LiNO. The van der Waals surface area contributed by atoms with Gasteiger partial charge in [-0.25, -0.2) is 0 Å². The summed E-state index contributed by atoms with van der Waals surface area (Å²) in [6.45, 7) is 0. The third-order valence-corrected chi connectivity index (χ3v) is 0.526. The Labute approximate surface area is 59.7 Å². The SMILES string of the molecule is [Li+].[O-]c1c#ccnc1. The standard InChI is InChI=1S/C5H3NO.Li/c7-5-2-1-3-6-4-5;/h3-4,7H;/q;+1/p-1. The van der Waals surface area contributed by atoms with Crippen molar-refractivity contribution in [3.05, 3.63) is 24.5 Å². The Bertz CT molecular complexity index is 142. The molecule has 1 aromatic heterocycles. The summed E-state index contributed by atoms with van der Waals surface area (Å²) in [6, 6.07) is 4.70. The maximum atomic E-state index is 10.1. The fourth-order valence-electron chi connectivity index (χ4n) is 0.278. The van der Waals surface area contributed by atoms with Crippen molar-refractivity contribution < 1.29 is 24.0 Å². The largest absolute Gasteiger partial charge is 1.00 e. The van der Waals surface area contributed by atoms with Crippen LogP contribution >= 0.6 is 0 Å². The van der Waals surface area contributed by atoms with Gasteiger partial charge in [0.15, 0.2) is 0 Å². The van der Waals surface area contributed by atoms with Crippen molar-refractivity contribution in [2.24, 2.45) is 0 Å².